The summed E-state index contributed by atoms with van der Waals surface area (Å²) < 4.78 is 27.7. The molecule has 1 amide bonds. The lowest BCUT2D eigenvalue weighted by Gasteiger charge is -2.29. The first-order valence-corrected chi connectivity index (χ1v) is 10.5. The second kappa shape index (κ2) is 7.07. The van der Waals surface area contributed by atoms with E-state index in [1.165, 1.54) is 22.6 Å². The van der Waals surface area contributed by atoms with Crippen molar-refractivity contribution in [3.8, 4) is 0 Å². The Bertz CT molecular complexity index is 908. The number of carbonyl (C=O) groups is 1. The number of carbonyl (C=O) groups excluding carboxylic acids is 1. The Morgan fingerprint density at radius 1 is 1.32 bits per heavy atom. The smallest absolute Gasteiger partial charge is 0.243 e. The lowest BCUT2D eigenvalue weighted by Crippen LogP contribution is -2.33. The van der Waals surface area contributed by atoms with E-state index in [1.54, 1.807) is 36.2 Å². The van der Waals surface area contributed by atoms with Gasteiger partial charge in [-0.05, 0) is 48.7 Å². The van der Waals surface area contributed by atoms with E-state index in [9.17, 15) is 13.2 Å². The number of fused-ring (bicyclic) bond motifs is 1. The van der Waals surface area contributed by atoms with Gasteiger partial charge in [0.15, 0.2) is 0 Å². The molecule has 8 heteroatoms. The minimum absolute atomic E-state index is 0.0248. The zero-order valence-corrected chi connectivity index (χ0v) is 16.4. The second-order valence-electron chi connectivity index (χ2n) is 6.03. The number of thiophene rings is 1. The van der Waals surface area contributed by atoms with Crippen molar-refractivity contribution in [1.29, 1.82) is 0 Å². The van der Waals surface area contributed by atoms with Crippen LogP contribution in [0.2, 0.25) is 4.34 Å². The average Bonchev–Trinajstić information content (AvgIpc) is 2.98. The summed E-state index contributed by atoms with van der Waals surface area (Å²) in [5.41, 5.74) is 1.71. The number of sulfonamides is 1. The Labute approximate surface area is 156 Å². The van der Waals surface area contributed by atoms with E-state index in [1.807, 2.05) is 6.07 Å². The van der Waals surface area contributed by atoms with Crippen LogP contribution in [-0.2, 0) is 27.8 Å². The molecule has 1 aromatic carbocycles. The SMILES string of the molecule is CC(=O)N1CCCc2cc(S(=O)(=O)N(C)Cc3ccc(Cl)s3)ccc21. The third-order valence-corrected chi connectivity index (χ3v) is 7.28. The van der Waals surface area contributed by atoms with E-state index in [-0.39, 0.29) is 17.3 Å². The van der Waals surface area contributed by atoms with Gasteiger partial charge in [0.25, 0.3) is 0 Å². The summed E-state index contributed by atoms with van der Waals surface area (Å²) in [7, 11) is -2.05. The van der Waals surface area contributed by atoms with Crippen LogP contribution in [0.1, 0.15) is 23.8 Å². The summed E-state index contributed by atoms with van der Waals surface area (Å²) in [6.45, 7) is 2.48. The number of amides is 1. The molecular formula is C17H19ClN2O3S2. The Hall–Kier alpha value is -1.41. The maximum atomic E-state index is 12.9. The molecule has 1 aliphatic heterocycles. The van der Waals surface area contributed by atoms with Crippen molar-refractivity contribution in [3.63, 3.8) is 0 Å². The van der Waals surface area contributed by atoms with Crippen LogP contribution >= 0.6 is 22.9 Å². The van der Waals surface area contributed by atoms with E-state index >= 15 is 0 Å². The van der Waals surface area contributed by atoms with E-state index in [2.05, 4.69) is 0 Å². The molecule has 5 nitrogen and oxygen atoms in total. The van der Waals surface area contributed by atoms with Gasteiger partial charge in [-0.15, -0.1) is 11.3 Å². The first-order valence-electron chi connectivity index (χ1n) is 7.90. The van der Waals surface area contributed by atoms with Gasteiger partial charge in [0.2, 0.25) is 15.9 Å². The maximum Gasteiger partial charge on any atom is 0.243 e. The molecule has 134 valence electrons. The zero-order valence-electron chi connectivity index (χ0n) is 14.0. The molecule has 2 heterocycles. The summed E-state index contributed by atoms with van der Waals surface area (Å²) in [5, 5.41) is 0. The third kappa shape index (κ3) is 3.74. The summed E-state index contributed by atoms with van der Waals surface area (Å²) in [4.78, 5) is 14.6. The fourth-order valence-electron chi connectivity index (χ4n) is 2.98. The monoisotopic (exact) mass is 398 g/mol. The van der Waals surface area contributed by atoms with Crippen LogP contribution in [-0.4, -0.2) is 32.2 Å². The number of hydrogen-bond donors (Lipinski definition) is 0. The highest BCUT2D eigenvalue weighted by Gasteiger charge is 2.25. The molecule has 0 unspecified atom stereocenters. The zero-order chi connectivity index (χ0) is 18.2. The van der Waals surface area contributed by atoms with E-state index < -0.39 is 10.0 Å². The predicted octanol–water partition coefficient (Wildman–Crippen LogP) is 3.52. The molecule has 2 aromatic rings. The van der Waals surface area contributed by atoms with Crippen molar-refractivity contribution in [2.75, 3.05) is 18.5 Å². The lowest BCUT2D eigenvalue weighted by atomic mass is 10.0. The van der Waals surface area contributed by atoms with Gasteiger partial charge >= 0.3 is 0 Å². The van der Waals surface area contributed by atoms with Gasteiger partial charge in [0.05, 0.1) is 9.23 Å². The van der Waals surface area contributed by atoms with Gasteiger partial charge in [-0.25, -0.2) is 8.42 Å². The van der Waals surface area contributed by atoms with E-state index in [0.717, 1.165) is 29.0 Å². The van der Waals surface area contributed by atoms with Crippen LogP contribution in [0.3, 0.4) is 0 Å². The minimum atomic E-state index is -3.61. The highest BCUT2D eigenvalue weighted by molar-refractivity contribution is 7.89. The molecule has 3 rings (SSSR count). The van der Waals surface area contributed by atoms with E-state index in [4.69, 9.17) is 11.6 Å². The Morgan fingerprint density at radius 3 is 2.72 bits per heavy atom. The van der Waals surface area contributed by atoms with Gasteiger partial charge in [0, 0.05) is 37.6 Å². The van der Waals surface area contributed by atoms with Crippen LogP contribution in [0.5, 0.6) is 0 Å². The van der Waals surface area contributed by atoms with Crippen molar-refractivity contribution < 1.29 is 13.2 Å². The minimum Gasteiger partial charge on any atom is -0.312 e. The quantitative estimate of drug-likeness (QED) is 0.791. The number of aryl methyl sites for hydroxylation is 1. The number of benzene rings is 1. The first kappa shape index (κ1) is 18.4. The molecular weight excluding hydrogens is 380 g/mol. The summed E-state index contributed by atoms with van der Waals surface area (Å²) in [6, 6.07) is 8.59. The van der Waals surface area contributed by atoms with Crippen LogP contribution in [0, 0.1) is 0 Å². The molecule has 0 spiro atoms. The molecule has 0 saturated heterocycles. The fourth-order valence-corrected chi connectivity index (χ4v) is 5.41. The number of hydrogen-bond acceptors (Lipinski definition) is 4. The van der Waals surface area contributed by atoms with Crippen molar-refractivity contribution in [2.45, 2.75) is 31.2 Å². The van der Waals surface area contributed by atoms with Gasteiger partial charge in [-0.1, -0.05) is 11.6 Å². The summed E-state index contributed by atoms with van der Waals surface area (Å²) in [5.74, 6) is -0.0248. The molecule has 1 aliphatic rings. The van der Waals surface area contributed by atoms with Crippen LogP contribution in [0.4, 0.5) is 5.69 Å². The van der Waals surface area contributed by atoms with Crippen LogP contribution in [0.25, 0.3) is 0 Å². The average molecular weight is 399 g/mol. The van der Waals surface area contributed by atoms with Gasteiger partial charge in [-0.2, -0.15) is 4.31 Å². The highest BCUT2D eigenvalue weighted by atomic mass is 35.5. The summed E-state index contributed by atoms with van der Waals surface area (Å²) >= 11 is 7.28. The Kier molecular flexibility index (Phi) is 5.20. The molecule has 0 atom stereocenters. The standard InChI is InChI=1S/C17H19ClN2O3S2/c1-12(21)20-9-3-4-13-10-15(6-7-16(13)20)25(22,23)19(2)11-14-5-8-17(18)24-14/h5-8,10H,3-4,9,11H2,1-2H3. The Balaban J connectivity index is 1.88. The highest BCUT2D eigenvalue weighted by Crippen LogP contribution is 2.31. The Morgan fingerprint density at radius 2 is 2.08 bits per heavy atom. The fraction of sp³-hybridized carbons (Fsp3) is 0.353. The van der Waals surface area contributed by atoms with Gasteiger partial charge in [-0.3, -0.25) is 4.79 Å². The number of anilines is 1. The van der Waals surface area contributed by atoms with E-state index in [0.29, 0.717) is 10.9 Å². The number of halogens is 1. The molecule has 0 fully saturated rings. The van der Waals surface area contributed by atoms with Crippen LogP contribution in [0.15, 0.2) is 35.2 Å². The number of nitrogens with zero attached hydrogens (tertiary/aromatic N) is 2. The maximum absolute atomic E-state index is 12.9. The van der Waals surface area contributed by atoms with Gasteiger partial charge < -0.3 is 4.90 Å². The van der Waals surface area contributed by atoms with Crippen molar-refractivity contribution in [1.82, 2.24) is 4.31 Å². The topological polar surface area (TPSA) is 57.7 Å². The predicted molar refractivity (Wildman–Crippen MR) is 101 cm³/mol. The molecule has 0 radical (unpaired) electrons. The molecule has 0 bridgehead atoms. The molecule has 0 aliphatic carbocycles. The molecule has 0 saturated carbocycles. The molecule has 1 aromatic heterocycles. The lowest BCUT2D eigenvalue weighted by molar-refractivity contribution is -0.116. The molecule has 0 N–H and O–H groups in total. The normalized spacial score (nSPS) is 14.6. The van der Waals surface area contributed by atoms with Crippen molar-refractivity contribution in [3.05, 3.63) is 45.1 Å². The number of rotatable bonds is 4. The van der Waals surface area contributed by atoms with Crippen molar-refractivity contribution >= 4 is 44.6 Å². The van der Waals surface area contributed by atoms with Gasteiger partial charge in [0.1, 0.15) is 0 Å². The van der Waals surface area contributed by atoms with Crippen LogP contribution < -0.4 is 4.90 Å². The summed E-state index contributed by atoms with van der Waals surface area (Å²) in [6.07, 6.45) is 1.60. The largest absolute Gasteiger partial charge is 0.312 e. The molecule has 25 heavy (non-hydrogen) atoms. The third-order valence-electron chi connectivity index (χ3n) is 4.27. The van der Waals surface area contributed by atoms with Crippen molar-refractivity contribution in [2.24, 2.45) is 0 Å². The first-order chi connectivity index (χ1) is 11.8. The second-order valence-corrected chi connectivity index (χ2v) is 9.88.